The fourth-order valence-corrected chi connectivity index (χ4v) is 3.37. The van der Waals surface area contributed by atoms with Crippen molar-refractivity contribution >= 4 is 12.1 Å². The standard InChI is InChI=1S/C26H43NO5/c1-5-6-7-8-9-10-14-17-31-25(28)24(20-22(2)3)27(4)26(29)32-19-18-30-21-23-15-12-11-13-16-23/h11-13,15-16,22,24H,5-10,14,17-21H2,1-4H3/t24-/m0/s1. The highest BCUT2D eigenvalue weighted by atomic mass is 16.6. The number of esters is 1. The number of hydrogen-bond donors (Lipinski definition) is 0. The van der Waals surface area contributed by atoms with Gasteiger partial charge in [0.15, 0.2) is 0 Å². The lowest BCUT2D eigenvalue weighted by Gasteiger charge is -2.27. The molecule has 32 heavy (non-hydrogen) atoms. The van der Waals surface area contributed by atoms with Crippen LogP contribution in [0.4, 0.5) is 4.79 Å². The molecule has 0 fully saturated rings. The molecule has 0 unspecified atom stereocenters. The van der Waals surface area contributed by atoms with Crippen molar-refractivity contribution in [1.82, 2.24) is 4.90 Å². The Kier molecular flexibility index (Phi) is 15.3. The zero-order valence-electron chi connectivity index (χ0n) is 20.5. The van der Waals surface area contributed by atoms with Crippen LogP contribution in [0.1, 0.15) is 77.7 Å². The molecule has 0 saturated heterocycles. The first kappa shape index (κ1) is 28.0. The van der Waals surface area contributed by atoms with Gasteiger partial charge in [-0.2, -0.15) is 0 Å². The monoisotopic (exact) mass is 449 g/mol. The zero-order valence-corrected chi connectivity index (χ0v) is 20.5. The van der Waals surface area contributed by atoms with E-state index in [1.807, 2.05) is 44.2 Å². The van der Waals surface area contributed by atoms with E-state index in [0.29, 0.717) is 26.2 Å². The van der Waals surface area contributed by atoms with E-state index in [9.17, 15) is 9.59 Å². The minimum atomic E-state index is -0.641. The Morgan fingerprint density at radius 2 is 1.53 bits per heavy atom. The molecular weight excluding hydrogens is 406 g/mol. The molecule has 6 nitrogen and oxygen atoms in total. The highest BCUT2D eigenvalue weighted by Crippen LogP contribution is 2.14. The molecule has 0 heterocycles. The molecule has 0 aliphatic heterocycles. The number of unbranched alkanes of at least 4 members (excludes halogenated alkanes) is 6. The van der Waals surface area contributed by atoms with E-state index in [1.54, 1.807) is 7.05 Å². The summed E-state index contributed by atoms with van der Waals surface area (Å²) in [6.45, 7) is 7.55. The predicted molar refractivity (Wildman–Crippen MR) is 127 cm³/mol. The first-order valence-electron chi connectivity index (χ1n) is 12.1. The summed E-state index contributed by atoms with van der Waals surface area (Å²) in [4.78, 5) is 26.4. The largest absolute Gasteiger partial charge is 0.464 e. The van der Waals surface area contributed by atoms with E-state index >= 15 is 0 Å². The number of carbonyl (C=O) groups excluding carboxylic acids is 2. The highest BCUT2D eigenvalue weighted by Gasteiger charge is 2.30. The maximum atomic E-state index is 12.6. The average molecular weight is 450 g/mol. The maximum Gasteiger partial charge on any atom is 0.410 e. The molecule has 1 amide bonds. The third-order valence-corrected chi connectivity index (χ3v) is 5.28. The minimum absolute atomic E-state index is 0.136. The molecule has 0 spiro atoms. The molecule has 0 N–H and O–H groups in total. The summed E-state index contributed by atoms with van der Waals surface area (Å²) in [5, 5.41) is 0. The van der Waals surface area contributed by atoms with Crippen molar-refractivity contribution in [3.8, 4) is 0 Å². The van der Waals surface area contributed by atoms with Gasteiger partial charge in [0.1, 0.15) is 12.6 Å². The van der Waals surface area contributed by atoms with E-state index in [0.717, 1.165) is 18.4 Å². The third-order valence-electron chi connectivity index (χ3n) is 5.28. The summed E-state index contributed by atoms with van der Waals surface area (Å²) >= 11 is 0. The second kappa shape index (κ2) is 17.5. The smallest absolute Gasteiger partial charge is 0.410 e. The van der Waals surface area contributed by atoms with Gasteiger partial charge < -0.3 is 14.2 Å². The SMILES string of the molecule is CCCCCCCCCOC(=O)[C@H](CC(C)C)N(C)C(=O)OCCOCc1ccccc1. The molecule has 0 aromatic heterocycles. The van der Waals surface area contributed by atoms with Gasteiger partial charge in [-0.3, -0.25) is 4.90 Å². The number of nitrogens with zero attached hydrogens (tertiary/aromatic N) is 1. The van der Waals surface area contributed by atoms with Crippen LogP contribution in [0.15, 0.2) is 30.3 Å². The normalized spacial score (nSPS) is 11.9. The van der Waals surface area contributed by atoms with Crippen LogP contribution in [-0.2, 0) is 25.6 Å². The van der Waals surface area contributed by atoms with Crippen molar-refractivity contribution in [2.45, 2.75) is 84.8 Å². The Bertz CT molecular complexity index is 620. The van der Waals surface area contributed by atoms with Crippen molar-refractivity contribution < 1.29 is 23.8 Å². The van der Waals surface area contributed by atoms with Crippen LogP contribution in [-0.4, -0.2) is 49.9 Å². The van der Waals surface area contributed by atoms with Crippen LogP contribution in [0, 0.1) is 5.92 Å². The van der Waals surface area contributed by atoms with Gasteiger partial charge in [-0.15, -0.1) is 0 Å². The molecule has 0 radical (unpaired) electrons. The quantitative estimate of drug-likeness (QED) is 0.216. The lowest BCUT2D eigenvalue weighted by atomic mass is 10.0. The molecule has 0 aliphatic carbocycles. The number of benzene rings is 1. The van der Waals surface area contributed by atoms with Gasteiger partial charge in [0, 0.05) is 7.05 Å². The molecule has 1 atom stereocenters. The average Bonchev–Trinajstić information content (AvgIpc) is 2.78. The Labute approximate surface area is 194 Å². The molecule has 1 aromatic carbocycles. The molecule has 0 aliphatic rings. The summed E-state index contributed by atoms with van der Waals surface area (Å²) in [5.74, 6) is -0.111. The van der Waals surface area contributed by atoms with Crippen molar-refractivity contribution in [3.05, 3.63) is 35.9 Å². The number of ether oxygens (including phenoxy) is 3. The number of rotatable bonds is 17. The van der Waals surface area contributed by atoms with Crippen LogP contribution in [0.3, 0.4) is 0 Å². The summed E-state index contributed by atoms with van der Waals surface area (Å²) < 4.78 is 16.3. The Morgan fingerprint density at radius 3 is 2.19 bits per heavy atom. The van der Waals surface area contributed by atoms with Crippen molar-refractivity contribution in [2.75, 3.05) is 26.9 Å². The van der Waals surface area contributed by atoms with E-state index in [2.05, 4.69) is 6.92 Å². The first-order chi connectivity index (χ1) is 15.5. The second-order valence-corrected chi connectivity index (χ2v) is 8.70. The van der Waals surface area contributed by atoms with Crippen molar-refractivity contribution in [3.63, 3.8) is 0 Å². The maximum absolute atomic E-state index is 12.6. The number of amides is 1. The Hall–Kier alpha value is -2.08. The van der Waals surface area contributed by atoms with Crippen LogP contribution in [0.25, 0.3) is 0 Å². The predicted octanol–water partition coefficient (Wildman–Crippen LogP) is 5.98. The Morgan fingerprint density at radius 1 is 0.875 bits per heavy atom. The van der Waals surface area contributed by atoms with Crippen LogP contribution >= 0.6 is 0 Å². The summed E-state index contributed by atoms with van der Waals surface area (Å²) in [6.07, 6.45) is 8.13. The molecule has 0 bridgehead atoms. The van der Waals surface area contributed by atoms with Gasteiger partial charge in [0.25, 0.3) is 0 Å². The molecular formula is C26H43NO5. The highest BCUT2D eigenvalue weighted by molar-refractivity contribution is 5.81. The molecule has 1 rings (SSSR count). The zero-order chi connectivity index (χ0) is 23.6. The van der Waals surface area contributed by atoms with Crippen molar-refractivity contribution in [2.24, 2.45) is 5.92 Å². The van der Waals surface area contributed by atoms with Gasteiger partial charge in [0.2, 0.25) is 0 Å². The molecule has 0 saturated carbocycles. The fourth-order valence-electron chi connectivity index (χ4n) is 3.37. The topological polar surface area (TPSA) is 65.1 Å². The third kappa shape index (κ3) is 12.7. The second-order valence-electron chi connectivity index (χ2n) is 8.70. The van der Waals surface area contributed by atoms with Gasteiger partial charge in [-0.05, 0) is 24.3 Å². The lowest BCUT2D eigenvalue weighted by molar-refractivity contribution is -0.149. The summed E-state index contributed by atoms with van der Waals surface area (Å²) in [6, 6.07) is 9.18. The number of carbonyl (C=O) groups is 2. The lowest BCUT2D eigenvalue weighted by Crippen LogP contribution is -2.44. The van der Waals surface area contributed by atoms with Crippen LogP contribution < -0.4 is 0 Å². The van der Waals surface area contributed by atoms with Gasteiger partial charge in [-0.1, -0.05) is 89.6 Å². The van der Waals surface area contributed by atoms with Gasteiger partial charge >= 0.3 is 12.1 Å². The minimum Gasteiger partial charge on any atom is -0.464 e. The van der Waals surface area contributed by atoms with E-state index in [4.69, 9.17) is 14.2 Å². The molecule has 182 valence electrons. The van der Waals surface area contributed by atoms with E-state index < -0.39 is 12.1 Å². The van der Waals surface area contributed by atoms with Crippen LogP contribution in [0.5, 0.6) is 0 Å². The number of hydrogen-bond acceptors (Lipinski definition) is 5. The Balaban J connectivity index is 2.32. The van der Waals surface area contributed by atoms with E-state index in [-0.39, 0.29) is 18.5 Å². The van der Waals surface area contributed by atoms with E-state index in [1.165, 1.54) is 37.0 Å². The summed E-state index contributed by atoms with van der Waals surface area (Å²) in [5.41, 5.74) is 1.07. The van der Waals surface area contributed by atoms with Gasteiger partial charge in [0.05, 0.1) is 19.8 Å². The fraction of sp³-hybridized carbons (Fsp3) is 0.692. The summed E-state index contributed by atoms with van der Waals surface area (Å²) in [7, 11) is 1.59. The van der Waals surface area contributed by atoms with Gasteiger partial charge in [-0.25, -0.2) is 9.59 Å². The first-order valence-corrected chi connectivity index (χ1v) is 12.1. The number of likely N-dealkylation sites (N-methyl/N-ethyl adjacent to an activating group) is 1. The molecule has 1 aromatic rings. The molecule has 6 heteroatoms. The van der Waals surface area contributed by atoms with Crippen LogP contribution in [0.2, 0.25) is 0 Å². The van der Waals surface area contributed by atoms with Crippen molar-refractivity contribution in [1.29, 1.82) is 0 Å².